The molecule has 0 aromatic heterocycles. The van der Waals surface area contributed by atoms with Crippen LogP contribution in [0.3, 0.4) is 0 Å². The molecule has 0 atom stereocenters. The Kier molecular flexibility index (Phi) is 6.76. The Bertz CT molecular complexity index is 350. The van der Waals surface area contributed by atoms with Gasteiger partial charge in [-0.1, -0.05) is 25.5 Å². The van der Waals surface area contributed by atoms with Gasteiger partial charge < -0.3 is 15.0 Å². The van der Waals surface area contributed by atoms with Gasteiger partial charge in [0.2, 0.25) is 0 Å². The predicted octanol–water partition coefficient (Wildman–Crippen LogP) is 2.65. The van der Waals surface area contributed by atoms with Crippen LogP contribution < -0.4 is 10.1 Å². The first kappa shape index (κ1) is 15.0. The van der Waals surface area contributed by atoms with Crippen molar-refractivity contribution >= 4 is 0 Å². The standard InChI is InChI=1S/C15H26N2O/c1-5-6-9-16-11-14-8-7-13(12-17(2)3)10-15(14)18-4/h7-8,10,16H,5-6,9,11-12H2,1-4H3. The zero-order valence-corrected chi connectivity index (χ0v) is 12.1. The molecule has 0 radical (unpaired) electrons. The lowest BCUT2D eigenvalue weighted by Crippen LogP contribution is -2.15. The molecule has 18 heavy (non-hydrogen) atoms. The van der Waals surface area contributed by atoms with E-state index in [4.69, 9.17) is 4.74 Å². The van der Waals surface area contributed by atoms with Crippen molar-refractivity contribution < 1.29 is 4.74 Å². The number of hydrogen-bond donors (Lipinski definition) is 1. The molecule has 0 aliphatic carbocycles. The Morgan fingerprint density at radius 2 is 2.06 bits per heavy atom. The molecule has 0 aliphatic heterocycles. The van der Waals surface area contributed by atoms with Crippen molar-refractivity contribution in [1.29, 1.82) is 0 Å². The van der Waals surface area contributed by atoms with Crippen molar-refractivity contribution in [3.8, 4) is 5.75 Å². The molecule has 1 aromatic rings. The van der Waals surface area contributed by atoms with Crippen molar-refractivity contribution in [3.05, 3.63) is 29.3 Å². The topological polar surface area (TPSA) is 24.5 Å². The Labute approximate surface area is 111 Å². The number of nitrogens with zero attached hydrogens (tertiary/aromatic N) is 1. The molecule has 3 nitrogen and oxygen atoms in total. The summed E-state index contributed by atoms with van der Waals surface area (Å²) in [7, 11) is 5.89. The molecule has 0 spiro atoms. The molecule has 0 unspecified atom stereocenters. The Morgan fingerprint density at radius 1 is 1.28 bits per heavy atom. The summed E-state index contributed by atoms with van der Waals surface area (Å²) in [5.74, 6) is 0.985. The largest absolute Gasteiger partial charge is 0.496 e. The minimum Gasteiger partial charge on any atom is -0.496 e. The minimum absolute atomic E-state index is 0.880. The zero-order valence-electron chi connectivity index (χ0n) is 12.1. The van der Waals surface area contributed by atoms with Gasteiger partial charge in [-0.05, 0) is 38.7 Å². The fraction of sp³-hybridized carbons (Fsp3) is 0.600. The fourth-order valence-electron chi connectivity index (χ4n) is 1.92. The molecule has 3 heteroatoms. The lowest BCUT2D eigenvalue weighted by molar-refractivity contribution is 0.392. The highest BCUT2D eigenvalue weighted by molar-refractivity contribution is 5.37. The fourth-order valence-corrected chi connectivity index (χ4v) is 1.92. The molecule has 1 aromatic carbocycles. The first-order valence-electron chi connectivity index (χ1n) is 6.68. The number of rotatable bonds is 8. The van der Waals surface area contributed by atoms with E-state index in [1.165, 1.54) is 24.0 Å². The third kappa shape index (κ3) is 5.07. The van der Waals surface area contributed by atoms with E-state index in [0.29, 0.717) is 0 Å². The van der Waals surface area contributed by atoms with E-state index in [2.05, 4.69) is 49.4 Å². The van der Waals surface area contributed by atoms with E-state index in [1.54, 1.807) is 7.11 Å². The van der Waals surface area contributed by atoms with E-state index in [1.807, 2.05) is 0 Å². The van der Waals surface area contributed by atoms with Crippen molar-refractivity contribution in [1.82, 2.24) is 10.2 Å². The number of hydrogen-bond acceptors (Lipinski definition) is 3. The highest BCUT2D eigenvalue weighted by Gasteiger charge is 2.04. The Hall–Kier alpha value is -1.06. The Morgan fingerprint density at radius 3 is 2.67 bits per heavy atom. The van der Waals surface area contributed by atoms with Gasteiger partial charge in [-0.15, -0.1) is 0 Å². The van der Waals surface area contributed by atoms with E-state index in [-0.39, 0.29) is 0 Å². The quantitative estimate of drug-likeness (QED) is 0.718. The van der Waals surface area contributed by atoms with Gasteiger partial charge in [-0.25, -0.2) is 0 Å². The summed E-state index contributed by atoms with van der Waals surface area (Å²) >= 11 is 0. The lowest BCUT2D eigenvalue weighted by Gasteiger charge is -2.14. The summed E-state index contributed by atoms with van der Waals surface area (Å²) in [4.78, 5) is 2.16. The monoisotopic (exact) mass is 250 g/mol. The summed E-state index contributed by atoms with van der Waals surface area (Å²) in [5, 5.41) is 3.45. The predicted molar refractivity (Wildman–Crippen MR) is 77.0 cm³/mol. The average molecular weight is 250 g/mol. The molecule has 1 N–H and O–H groups in total. The molecule has 0 saturated heterocycles. The van der Waals surface area contributed by atoms with Gasteiger partial charge >= 0.3 is 0 Å². The van der Waals surface area contributed by atoms with Gasteiger partial charge in [-0.3, -0.25) is 0 Å². The smallest absolute Gasteiger partial charge is 0.123 e. The summed E-state index contributed by atoms with van der Waals surface area (Å²) in [6.07, 6.45) is 2.45. The second-order valence-corrected chi connectivity index (χ2v) is 4.91. The van der Waals surface area contributed by atoms with Crippen LogP contribution in [0.4, 0.5) is 0 Å². The molecular formula is C15H26N2O. The maximum Gasteiger partial charge on any atom is 0.123 e. The van der Waals surface area contributed by atoms with Crippen LogP contribution in [0.25, 0.3) is 0 Å². The van der Waals surface area contributed by atoms with Gasteiger partial charge in [0, 0.05) is 18.7 Å². The van der Waals surface area contributed by atoms with Crippen LogP contribution in [0.1, 0.15) is 30.9 Å². The van der Waals surface area contributed by atoms with Crippen LogP contribution in [0.2, 0.25) is 0 Å². The highest BCUT2D eigenvalue weighted by Crippen LogP contribution is 2.20. The average Bonchev–Trinajstić information content (AvgIpc) is 2.35. The minimum atomic E-state index is 0.880. The van der Waals surface area contributed by atoms with E-state index < -0.39 is 0 Å². The van der Waals surface area contributed by atoms with Gasteiger partial charge in [-0.2, -0.15) is 0 Å². The van der Waals surface area contributed by atoms with Gasteiger partial charge in [0.1, 0.15) is 5.75 Å². The van der Waals surface area contributed by atoms with Crippen LogP contribution in [0.15, 0.2) is 18.2 Å². The van der Waals surface area contributed by atoms with Crippen LogP contribution in [0, 0.1) is 0 Å². The number of unbranched alkanes of at least 4 members (excludes halogenated alkanes) is 1. The number of methoxy groups -OCH3 is 1. The van der Waals surface area contributed by atoms with E-state index in [9.17, 15) is 0 Å². The maximum absolute atomic E-state index is 5.47. The summed E-state index contributed by atoms with van der Waals surface area (Å²) in [6, 6.07) is 6.48. The second kappa shape index (κ2) is 8.11. The SMILES string of the molecule is CCCCNCc1ccc(CN(C)C)cc1OC. The zero-order chi connectivity index (χ0) is 13.4. The first-order valence-corrected chi connectivity index (χ1v) is 6.68. The van der Waals surface area contributed by atoms with Gasteiger partial charge in [0.25, 0.3) is 0 Å². The van der Waals surface area contributed by atoms with Gasteiger partial charge in [0.15, 0.2) is 0 Å². The molecule has 102 valence electrons. The molecule has 0 aliphatic rings. The molecule has 0 amide bonds. The highest BCUT2D eigenvalue weighted by atomic mass is 16.5. The van der Waals surface area contributed by atoms with Crippen molar-refractivity contribution in [2.24, 2.45) is 0 Å². The number of ether oxygens (including phenoxy) is 1. The molecule has 0 fully saturated rings. The number of benzene rings is 1. The molecule has 0 bridgehead atoms. The van der Waals surface area contributed by atoms with Crippen LogP contribution >= 0.6 is 0 Å². The normalized spacial score (nSPS) is 10.9. The third-order valence-electron chi connectivity index (χ3n) is 2.87. The number of nitrogens with one attached hydrogen (secondary N) is 1. The third-order valence-corrected chi connectivity index (χ3v) is 2.87. The van der Waals surface area contributed by atoms with E-state index in [0.717, 1.165) is 25.4 Å². The van der Waals surface area contributed by atoms with Crippen LogP contribution in [0.5, 0.6) is 5.75 Å². The van der Waals surface area contributed by atoms with Crippen molar-refractivity contribution in [2.75, 3.05) is 27.7 Å². The maximum atomic E-state index is 5.47. The second-order valence-electron chi connectivity index (χ2n) is 4.91. The van der Waals surface area contributed by atoms with Crippen molar-refractivity contribution in [2.45, 2.75) is 32.9 Å². The molecule has 0 heterocycles. The molecule has 1 rings (SSSR count). The van der Waals surface area contributed by atoms with Gasteiger partial charge in [0.05, 0.1) is 7.11 Å². The summed E-state index contributed by atoms with van der Waals surface area (Å²) in [5.41, 5.74) is 2.52. The van der Waals surface area contributed by atoms with E-state index >= 15 is 0 Å². The molecule has 0 saturated carbocycles. The summed E-state index contributed by atoms with van der Waals surface area (Å²) < 4.78 is 5.47. The molecular weight excluding hydrogens is 224 g/mol. The lowest BCUT2D eigenvalue weighted by atomic mass is 10.1. The van der Waals surface area contributed by atoms with Crippen molar-refractivity contribution in [3.63, 3.8) is 0 Å². The Balaban J connectivity index is 2.62. The summed E-state index contributed by atoms with van der Waals surface area (Å²) in [6.45, 7) is 5.10. The van der Waals surface area contributed by atoms with Crippen LogP contribution in [-0.2, 0) is 13.1 Å². The van der Waals surface area contributed by atoms with Crippen LogP contribution in [-0.4, -0.2) is 32.6 Å². The first-order chi connectivity index (χ1) is 8.67.